The molecule has 2 aliphatic heterocycles. The van der Waals surface area contributed by atoms with Crippen LogP contribution in [-0.4, -0.2) is 55.5 Å². The fourth-order valence-corrected chi connectivity index (χ4v) is 18.1. The highest BCUT2D eigenvalue weighted by atomic mass is 79.9. The van der Waals surface area contributed by atoms with E-state index in [1.165, 1.54) is 0 Å². The molecular weight excluding hydrogens is 634 g/mol. The maximum Gasteiger partial charge on any atom is 0.335 e. The van der Waals surface area contributed by atoms with Gasteiger partial charge in [0.15, 0.2) is 15.9 Å². The van der Waals surface area contributed by atoms with Crippen LogP contribution in [0.15, 0.2) is 35.1 Å². The first kappa shape index (κ1) is 31.5. The van der Waals surface area contributed by atoms with Crippen LogP contribution in [0.4, 0.5) is 5.95 Å². The van der Waals surface area contributed by atoms with Crippen LogP contribution < -0.4 is 10.5 Å². The van der Waals surface area contributed by atoms with Gasteiger partial charge in [-0.25, -0.2) is 4.98 Å². The number of aromatic nitrogens is 4. The van der Waals surface area contributed by atoms with Gasteiger partial charge < -0.3 is 28.2 Å². The summed E-state index contributed by atoms with van der Waals surface area (Å²) in [6.07, 6.45) is -0.268. The van der Waals surface area contributed by atoms with Gasteiger partial charge in [-0.1, -0.05) is 85.7 Å². The molecule has 2 fully saturated rings. The first-order valence-electron chi connectivity index (χ1n) is 14.9. The van der Waals surface area contributed by atoms with Crippen molar-refractivity contribution in [1.82, 2.24) is 19.5 Å². The number of hydrogen-bond donors (Lipinski definition) is 1. The summed E-state index contributed by atoms with van der Waals surface area (Å²) in [4.78, 5) is 13.7. The van der Waals surface area contributed by atoms with E-state index < -0.39 is 23.3 Å². The van der Waals surface area contributed by atoms with Crippen LogP contribution in [0, 0.1) is 0 Å². The van der Waals surface area contributed by atoms with Crippen molar-refractivity contribution in [2.24, 2.45) is 0 Å². The standard InChI is InChI=1S/C29H44BrN5O5Si2/c1-17(2)41(18(3)4)37-16-23-22(39-42(40-41,19(5)6)20(7)8)14-24(38-23)35-26-25(32-28(35)30)27(34-29(31)33-26)36-15-21-12-10-9-11-13-21/h9-13,17-20,22-24H,14-16H2,1-8H3,(H2,31,33,34)/t22-,23-,24-/m1/s1. The Hall–Kier alpha value is -1.88. The molecule has 0 bridgehead atoms. The quantitative estimate of drug-likeness (QED) is 0.199. The molecule has 2 aliphatic rings. The predicted molar refractivity (Wildman–Crippen MR) is 171 cm³/mol. The third kappa shape index (κ3) is 5.69. The number of benzene rings is 1. The molecule has 5 rings (SSSR count). The van der Waals surface area contributed by atoms with Crippen LogP contribution in [0.25, 0.3) is 11.2 Å². The minimum Gasteiger partial charge on any atom is -0.471 e. The van der Waals surface area contributed by atoms with Gasteiger partial charge in [0.1, 0.15) is 18.9 Å². The van der Waals surface area contributed by atoms with Gasteiger partial charge in [0.2, 0.25) is 11.8 Å². The third-order valence-corrected chi connectivity index (χ3v) is 19.4. The number of nitrogens with two attached hydrogens (primary N) is 1. The number of imidazole rings is 1. The lowest BCUT2D eigenvalue weighted by molar-refractivity contribution is -0.0550. The number of ether oxygens (including phenoxy) is 2. The summed E-state index contributed by atoms with van der Waals surface area (Å²) in [5.74, 6) is 0.431. The van der Waals surface area contributed by atoms with Gasteiger partial charge in [0, 0.05) is 6.42 Å². The molecule has 1 aromatic carbocycles. The molecule has 13 heteroatoms. The zero-order valence-electron chi connectivity index (χ0n) is 25.8. The van der Waals surface area contributed by atoms with E-state index in [9.17, 15) is 0 Å². The van der Waals surface area contributed by atoms with Crippen molar-refractivity contribution < 1.29 is 22.4 Å². The van der Waals surface area contributed by atoms with Crippen molar-refractivity contribution in [3.63, 3.8) is 0 Å². The van der Waals surface area contributed by atoms with Gasteiger partial charge in [0.25, 0.3) is 0 Å². The molecule has 2 aromatic heterocycles. The Morgan fingerprint density at radius 2 is 1.57 bits per heavy atom. The lowest BCUT2D eigenvalue weighted by Crippen LogP contribution is -2.65. The topological polar surface area (TPSA) is 116 Å². The molecule has 42 heavy (non-hydrogen) atoms. The Morgan fingerprint density at radius 1 is 0.929 bits per heavy atom. The van der Waals surface area contributed by atoms with Crippen molar-refractivity contribution in [3.05, 3.63) is 40.6 Å². The van der Waals surface area contributed by atoms with Crippen LogP contribution in [0.5, 0.6) is 5.88 Å². The summed E-state index contributed by atoms with van der Waals surface area (Å²) in [5.41, 5.74) is 9.24. The Morgan fingerprint density at radius 3 is 2.19 bits per heavy atom. The fourth-order valence-electron chi connectivity index (χ4n) is 6.31. The minimum absolute atomic E-state index is 0.104. The van der Waals surface area contributed by atoms with E-state index in [0.29, 0.717) is 41.4 Å². The number of nitrogen functional groups attached to an aromatic ring is 1. The van der Waals surface area contributed by atoms with Gasteiger partial charge in [-0.05, 0) is 43.7 Å². The molecule has 0 unspecified atom stereocenters. The maximum absolute atomic E-state index is 7.33. The second-order valence-electron chi connectivity index (χ2n) is 12.6. The average Bonchev–Trinajstić information content (AvgIpc) is 3.46. The van der Waals surface area contributed by atoms with Gasteiger partial charge >= 0.3 is 17.1 Å². The summed E-state index contributed by atoms with van der Waals surface area (Å²) in [6, 6.07) is 9.90. The monoisotopic (exact) mass is 677 g/mol. The Balaban J connectivity index is 1.50. The van der Waals surface area contributed by atoms with Gasteiger partial charge in [-0.2, -0.15) is 9.97 Å². The Bertz CT molecular complexity index is 1370. The molecule has 0 aliphatic carbocycles. The van der Waals surface area contributed by atoms with Crippen LogP contribution in [-0.2, 0) is 24.3 Å². The van der Waals surface area contributed by atoms with E-state index >= 15 is 0 Å². The molecule has 0 saturated carbocycles. The molecule has 10 nitrogen and oxygen atoms in total. The van der Waals surface area contributed by atoms with Crippen molar-refractivity contribution in [2.75, 3.05) is 12.3 Å². The first-order chi connectivity index (χ1) is 19.9. The molecule has 0 radical (unpaired) electrons. The van der Waals surface area contributed by atoms with Gasteiger partial charge in [-0.3, -0.25) is 4.57 Å². The lowest BCUT2D eigenvalue weighted by Gasteiger charge is -2.51. The van der Waals surface area contributed by atoms with E-state index in [0.717, 1.165) is 5.56 Å². The van der Waals surface area contributed by atoms with Gasteiger partial charge in [-0.15, -0.1) is 0 Å². The summed E-state index contributed by atoms with van der Waals surface area (Å²) in [7, 11) is -5.42. The number of hydrogen-bond acceptors (Lipinski definition) is 9. The van der Waals surface area contributed by atoms with Gasteiger partial charge in [0.05, 0.1) is 12.7 Å². The molecule has 0 spiro atoms. The smallest absolute Gasteiger partial charge is 0.335 e. The highest BCUT2D eigenvalue weighted by molar-refractivity contribution is 9.10. The van der Waals surface area contributed by atoms with E-state index in [1.807, 2.05) is 34.9 Å². The maximum atomic E-state index is 7.33. The number of anilines is 1. The van der Waals surface area contributed by atoms with E-state index in [4.69, 9.17) is 33.2 Å². The SMILES string of the molecule is CC(C)[Si]1(C(C)C)OC[C@H]2O[C@@H](n3c(Br)nc4c(OCc5ccccc5)nc(N)nc43)C[C@H]2O[Si](C(C)C)(C(C)C)O1. The zero-order chi connectivity index (χ0) is 30.4. The Labute approximate surface area is 259 Å². The first-order valence-corrected chi connectivity index (χ1v) is 19.7. The fraction of sp³-hybridized carbons (Fsp3) is 0.621. The minimum atomic E-state index is -2.75. The molecular formula is C29H44BrN5O5Si2. The molecule has 2 N–H and O–H groups in total. The number of rotatable bonds is 8. The van der Waals surface area contributed by atoms with Crippen molar-refractivity contribution >= 4 is 50.2 Å². The lowest BCUT2D eigenvalue weighted by atomic mass is 10.2. The molecule has 3 aromatic rings. The molecule has 0 amide bonds. The normalized spacial score (nSPS) is 24.0. The zero-order valence-corrected chi connectivity index (χ0v) is 29.4. The van der Waals surface area contributed by atoms with Crippen molar-refractivity contribution in [1.29, 1.82) is 0 Å². The molecule has 3 atom stereocenters. The number of nitrogens with zero attached hydrogens (tertiary/aromatic N) is 4. The second-order valence-corrected chi connectivity index (χ2v) is 22.1. The van der Waals surface area contributed by atoms with Crippen LogP contribution >= 0.6 is 15.9 Å². The molecule has 230 valence electrons. The van der Waals surface area contributed by atoms with Crippen LogP contribution in [0.1, 0.15) is 73.6 Å². The average molecular weight is 679 g/mol. The van der Waals surface area contributed by atoms with E-state index in [-0.39, 0.29) is 40.3 Å². The summed E-state index contributed by atoms with van der Waals surface area (Å²) in [6.45, 7) is 18.6. The highest BCUT2D eigenvalue weighted by Crippen LogP contribution is 2.48. The molecule has 2 saturated heterocycles. The van der Waals surface area contributed by atoms with Crippen molar-refractivity contribution in [2.45, 2.75) is 109 Å². The summed E-state index contributed by atoms with van der Waals surface area (Å²) in [5, 5.41) is 0. The number of halogens is 1. The van der Waals surface area contributed by atoms with Crippen LogP contribution in [0.2, 0.25) is 22.2 Å². The van der Waals surface area contributed by atoms with Crippen LogP contribution in [0.3, 0.4) is 0 Å². The predicted octanol–water partition coefficient (Wildman–Crippen LogP) is 6.99. The van der Waals surface area contributed by atoms with E-state index in [2.05, 4.69) is 81.3 Å². The third-order valence-electron chi connectivity index (χ3n) is 8.52. The Kier molecular flexibility index (Phi) is 9.20. The highest BCUT2D eigenvalue weighted by Gasteiger charge is 2.60. The molecule has 4 heterocycles. The van der Waals surface area contributed by atoms with Crippen molar-refractivity contribution in [3.8, 4) is 5.88 Å². The van der Waals surface area contributed by atoms with E-state index in [1.54, 1.807) is 0 Å². The number of fused-ring (bicyclic) bond motifs is 2. The summed E-state index contributed by atoms with van der Waals surface area (Å²) >= 11 is 3.66. The second kappa shape index (κ2) is 12.3. The summed E-state index contributed by atoms with van der Waals surface area (Å²) < 4.78 is 36.7. The largest absolute Gasteiger partial charge is 0.471 e.